The number of carbonyl (C=O) groups is 1. The molecule has 23 heavy (non-hydrogen) atoms. The second-order valence-electron chi connectivity index (χ2n) is 6.96. The number of benzene rings is 1. The molecule has 1 aliphatic rings. The molecule has 2 heteroatoms. The van der Waals surface area contributed by atoms with Crippen molar-refractivity contribution in [1.29, 1.82) is 5.26 Å². The molecule has 2 atom stereocenters. The lowest BCUT2D eigenvalue weighted by Crippen LogP contribution is -2.29. The van der Waals surface area contributed by atoms with Crippen LogP contribution in [0.1, 0.15) is 50.8 Å². The van der Waals surface area contributed by atoms with Crippen molar-refractivity contribution in [1.82, 2.24) is 0 Å². The molecule has 0 aromatic heterocycles. The van der Waals surface area contributed by atoms with E-state index in [0.29, 0.717) is 11.5 Å². The first-order valence-electron chi connectivity index (χ1n) is 8.31. The van der Waals surface area contributed by atoms with E-state index >= 15 is 0 Å². The fourth-order valence-electron chi connectivity index (χ4n) is 3.17. The van der Waals surface area contributed by atoms with Crippen molar-refractivity contribution in [3.05, 3.63) is 58.7 Å². The lowest BCUT2D eigenvalue weighted by molar-refractivity contribution is -0.123. The van der Waals surface area contributed by atoms with Gasteiger partial charge in [-0.3, -0.25) is 4.79 Å². The van der Waals surface area contributed by atoms with Gasteiger partial charge in [-0.1, -0.05) is 51.5 Å². The molecule has 0 fully saturated rings. The van der Waals surface area contributed by atoms with E-state index in [1.54, 1.807) is 0 Å². The van der Waals surface area contributed by atoms with Crippen molar-refractivity contribution in [2.24, 2.45) is 11.3 Å². The van der Waals surface area contributed by atoms with Crippen LogP contribution in [0.25, 0.3) is 0 Å². The van der Waals surface area contributed by atoms with Gasteiger partial charge in [-0.25, -0.2) is 0 Å². The maximum Gasteiger partial charge on any atom is 0.165 e. The summed E-state index contributed by atoms with van der Waals surface area (Å²) in [7, 11) is 0. The van der Waals surface area contributed by atoms with Crippen molar-refractivity contribution >= 4 is 5.78 Å². The largest absolute Gasteiger partial charge is 0.294 e. The number of hydrogen-bond acceptors (Lipinski definition) is 2. The zero-order valence-electron chi connectivity index (χ0n) is 14.5. The van der Waals surface area contributed by atoms with Gasteiger partial charge >= 0.3 is 0 Å². The summed E-state index contributed by atoms with van der Waals surface area (Å²) < 4.78 is 0. The molecular weight excluding hydrogens is 282 g/mol. The van der Waals surface area contributed by atoms with E-state index in [1.807, 2.05) is 44.2 Å². The molecule has 0 saturated carbocycles. The molecular formula is C21H25NO. The Morgan fingerprint density at radius 2 is 2.09 bits per heavy atom. The van der Waals surface area contributed by atoms with Gasteiger partial charge in [-0.15, -0.1) is 0 Å². The standard InChI is InChI=1S/C21H25NO/c1-5-15(2)7-6-8-16(3)20(23)21(4)12-18-10-9-17(14-22)11-19(18)13-21/h6-11,15H,5,12-13H2,1-4H3/b7-6-,16-8+. The maximum atomic E-state index is 12.9. The first kappa shape index (κ1) is 17.2. The highest BCUT2D eigenvalue weighted by molar-refractivity contribution is 6.00. The van der Waals surface area contributed by atoms with E-state index in [2.05, 4.69) is 26.0 Å². The Hall–Kier alpha value is -2.14. The quantitative estimate of drug-likeness (QED) is 0.580. The number of Topliss-reactive ketones (excluding diaryl/α,β-unsaturated/α-hetero) is 1. The van der Waals surface area contributed by atoms with Crippen molar-refractivity contribution in [3.8, 4) is 6.07 Å². The molecule has 1 aliphatic carbocycles. The minimum Gasteiger partial charge on any atom is -0.294 e. The normalized spacial score (nSPS) is 22.0. The number of carbonyl (C=O) groups excluding carboxylic acids is 1. The van der Waals surface area contributed by atoms with Crippen LogP contribution in [0.4, 0.5) is 0 Å². The summed E-state index contributed by atoms with van der Waals surface area (Å²) in [4.78, 5) is 12.9. The Labute approximate surface area is 139 Å². The first-order valence-corrected chi connectivity index (χ1v) is 8.31. The van der Waals surface area contributed by atoms with Gasteiger partial charge in [0.1, 0.15) is 0 Å². The molecule has 2 rings (SSSR count). The average molecular weight is 307 g/mol. The summed E-state index contributed by atoms with van der Waals surface area (Å²) in [5.41, 5.74) is 3.43. The Morgan fingerprint density at radius 1 is 1.39 bits per heavy atom. The van der Waals surface area contributed by atoms with Crippen LogP contribution < -0.4 is 0 Å². The molecule has 2 nitrogen and oxygen atoms in total. The third-order valence-electron chi connectivity index (χ3n) is 4.83. The first-order chi connectivity index (χ1) is 10.9. The Kier molecular flexibility index (Phi) is 5.21. The van der Waals surface area contributed by atoms with Gasteiger partial charge in [0, 0.05) is 5.41 Å². The lowest BCUT2D eigenvalue weighted by atomic mass is 9.79. The number of ketones is 1. The summed E-state index contributed by atoms with van der Waals surface area (Å²) in [5, 5.41) is 9.02. The zero-order valence-corrected chi connectivity index (χ0v) is 14.5. The van der Waals surface area contributed by atoms with Gasteiger partial charge in [-0.2, -0.15) is 5.26 Å². The van der Waals surface area contributed by atoms with E-state index in [4.69, 9.17) is 5.26 Å². The van der Waals surface area contributed by atoms with Crippen LogP contribution in [0.5, 0.6) is 0 Å². The average Bonchev–Trinajstić information content (AvgIpc) is 2.89. The predicted octanol–water partition coefficient (Wildman–Crippen LogP) is 4.78. The second kappa shape index (κ2) is 6.96. The van der Waals surface area contributed by atoms with E-state index in [9.17, 15) is 4.79 Å². The minimum absolute atomic E-state index is 0.209. The Bertz CT molecular complexity index is 705. The molecule has 0 radical (unpaired) electrons. The molecule has 0 bridgehead atoms. The second-order valence-corrected chi connectivity index (χ2v) is 6.96. The van der Waals surface area contributed by atoms with E-state index in [0.717, 1.165) is 30.4 Å². The summed E-state index contributed by atoms with van der Waals surface area (Å²) in [6, 6.07) is 7.94. The van der Waals surface area contributed by atoms with Gasteiger partial charge in [0.25, 0.3) is 0 Å². The van der Waals surface area contributed by atoms with Crippen molar-refractivity contribution in [2.75, 3.05) is 0 Å². The van der Waals surface area contributed by atoms with E-state index in [1.165, 1.54) is 5.56 Å². The van der Waals surface area contributed by atoms with Crippen LogP contribution in [0.2, 0.25) is 0 Å². The molecule has 120 valence electrons. The number of nitrogens with zero attached hydrogens (tertiary/aromatic N) is 1. The molecule has 0 heterocycles. The van der Waals surface area contributed by atoms with Crippen LogP contribution in [0, 0.1) is 22.7 Å². The van der Waals surface area contributed by atoms with Gasteiger partial charge in [0.2, 0.25) is 0 Å². The Morgan fingerprint density at radius 3 is 2.74 bits per heavy atom. The molecule has 1 aromatic rings. The van der Waals surface area contributed by atoms with Crippen LogP contribution in [0.15, 0.2) is 42.0 Å². The van der Waals surface area contributed by atoms with Crippen LogP contribution in [-0.2, 0) is 17.6 Å². The minimum atomic E-state index is -0.388. The smallest absolute Gasteiger partial charge is 0.165 e. The fraction of sp³-hybridized carbons (Fsp3) is 0.429. The highest BCUT2D eigenvalue weighted by Gasteiger charge is 2.39. The highest BCUT2D eigenvalue weighted by atomic mass is 16.1. The third-order valence-corrected chi connectivity index (χ3v) is 4.83. The van der Waals surface area contributed by atoms with Gasteiger partial charge in [0.05, 0.1) is 11.6 Å². The lowest BCUT2D eigenvalue weighted by Gasteiger charge is -2.22. The van der Waals surface area contributed by atoms with Crippen LogP contribution in [0.3, 0.4) is 0 Å². The monoisotopic (exact) mass is 307 g/mol. The van der Waals surface area contributed by atoms with Crippen LogP contribution >= 0.6 is 0 Å². The molecule has 0 spiro atoms. The number of rotatable bonds is 5. The number of fused-ring (bicyclic) bond motifs is 1. The number of allylic oxidation sites excluding steroid dienone is 4. The third kappa shape index (κ3) is 3.79. The summed E-state index contributed by atoms with van der Waals surface area (Å²) in [6.07, 6.45) is 8.65. The van der Waals surface area contributed by atoms with Crippen LogP contribution in [-0.4, -0.2) is 5.78 Å². The highest BCUT2D eigenvalue weighted by Crippen LogP contribution is 2.39. The summed E-state index contributed by atoms with van der Waals surface area (Å²) in [6.45, 7) is 8.27. The number of nitriles is 1. The van der Waals surface area contributed by atoms with E-state index in [-0.39, 0.29) is 11.2 Å². The number of hydrogen-bond donors (Lipinski definition) is 0. The van der Waals surface area contributed by atoms with Gasteiger partial charge in [-0.05, 0) is 54.5 Å². The van der Waals surface area contributed by atoms with Crippen molar-refractivity contribution in [3.63, 3.8) is 0 Å². The molecule has 0 saturated heterocycles. The Balaban J connectivity index is 2.16. The predicted molar refractivity (Wildman–Crippen MR) is 94.0 cm³/mol. The molecule has 1 aromatic carbocycles. The topological polar surface area (TPSA) is 40.9 Å². The molecule has 0 amide bonds. The van der Waals surface area contributed by atoms with Crippen molar-refractivity contribution in [2.45, 2.75) is 47.0 Å². The van der Waals surface area contributed by atoms with Gasteiger partial charge < -0.3 is 0 Å². The van der Waals surface area contributed by atoms with Crippen molar-refractivity contribution < 1.29 is 4.79 Å². The fourth-order valence-corrected chi connectivity index (χ4v) is 3.17. The van der Waals surface area contributed by atoms with Gasteiger partial charge in [0.15, 0.2) is 5.78 Å². The summed E-state index contributed by atoms with van der Waals surface area (Å²) >= 11 is 0. The molecule has 0 N–H and O–H groups in total. The maximum absolute atomic E-state index is 12.9. The van der Waals surface area contributed by atoms with E-state index < -0.39 is 0 Å². The molecule has 2 unspecified atom stereocenters. The summed E-state index contributed by atoms with van der Waals surface area (Å²) in [5.74, 6) is 0.742. The zero-order chi connectivity index (χ0) is 17.0. The SMILES string of the molecule is CCC(C)/C=C\C=C(/C)C(=O)C1(C)Cc2ccc(C#N)cc2C1. The molecule has 0 aliphatic heterocycles.